The predicted molar refractivity (Wildman–Crippen MR) is 131 cm³/mol. The largest absolute Gasteiger partial charge is 0.471 e. The smallest absolute Gasteiger partial charge is 0.350 e. The first-order valence-electron chi connectivity index (χ1n) is 13.0. The molecule has 9 nitrogen and oxygen atoms in total. The van der Waals surface area contributed by atoms with E-state index in [1.165, 1.54) is 34.0 Å². The average Bonchev–Trinajstić information content (AvgIpc) is 3.68. The molecule has 14 heteroatoms. The zero-order chi connectivity index (χ0) is 29.4. The van der Waals surface area contributed by atoms with Crippen LogP contribution in [0.4, 0.5) is 22.0 Å². The lowest BCUT2D eigenvalue weighted by molar-refractivity contribution is -0.175. The monoisotopic (exact) mass is 565 g/mol. The number of hydrogen-bond acceptors (Lipinski definition) is 5. The maximum Gasteiger partial charge on any atom is 0.471 e. The molecule has 3 rings (SSSR count). The molecule has 0 aromatic carbocycles. The van der Waals surface area contributed by atoms with Gasteiger partial charge in [0, 0.05) is 37.1 Å². The Hall–Kier alpha value is -2.80. The van der Waals surface area contributed by atoms with Crippen molar-refractivity contribution in [1.82, 2.24) is 21.3 Å². The number of hydrogen-bond donors (Lipinski definition) is 4. The predicted octanol–water partition coefficient (Wildman–Crippen LogP) is 2.24. The number of rotatable bonds is 10. The van der Waals surface area contributed by atoms with E-state index in [4.69, 9.17) is 0 Å². The van der Waals surface area contributed by atoms with Crippen molar-refractivity contribution in [2.24, 2.45) is 22.2 Å². The fourth-order valence-electron chi connectivity index (χ4n) is 4.87. The molecule has 3 fully saturated rings. The van der Waals surface area contributed by atoms with E-state index in [-0.39, 0.29) is 17.9 Å². The summed E-state index contributed by atoms with van der Waals surface area (Å²) in [5, 5.41) is 9.56. The summed E-state index contributed by atoms with van der Waals surface area (Å²) in [5.74, 6) is -9.09. The number of carbonyl (C=O) groups is 4. The van der Waals surface area contributed by atoms with Gasteiger partial charge in [0.25, 0.3) is 5.92 Å². The molecule has 5 atom stereocenters. The second-order valence-electron chi connectivity index (χ2n) is 12.0. The third-order valence-electron chi connectivity index (χ3n) is 7.55. The van der Waals surface area contributed by atoms with Crippen molar-refractivity contribution in [2.75, 3.05) is 7.05 Å². The second-order valence-corrected chi connectivity index (χ2v) is 12.0. The van der Waals surface area contributed by atoms with Crippen LogP contribution in [0.25, 0.3) is 0 Å². The summed E-state index contributed by atoms with van der Waals surface area (Å²) in [6.45, 7) is 4.23. The minimum absolute atomic E-state index is 0.124. The number of nitrogens with one attached hydrogen (secondary N) is 4. The van der Waals surface area contributed by atoms with Gasteiger partial charge in [-0.05, 0) is 43.9 Å². The van der Waals surface area contributed by atoms with Crippen LogP contribution in [-0.4, -0.2) is 72.7 Å². The molecule has 2 saturated carbocycles. The van der Waals surface area contributed by atoms with Crippen molar-refractivity contribution in [3.8, 4) is 0 Å². The highest BCUT2D eigenvalue weighted by atomic mass is 19.4. The molecule has 1 saturated heterocycles. The molecule has 4 N–H and O–H groups in total. The molecule has 0 aromatic heterocycles. The summed E-state index contributed by atoms with van der Waals surface area (Å²) >= 11 is 0. The van der Waals surface area contributed by atoms with Gasteiger partial charge in [-0.3, -0.25) is 24.2 Å². The molecule has 1 aliphatic heterocycles. The summed E-state index contributed by atoms with van der Waals surface area (Å²) in [6, 6.07) is -3.99. The van der Waals surface area contributed by atoms with Gasteiger partial charge in [0.15, 0.2) is 0 Å². The van der Waals surface area contributed by atoms with Crippen LogP contribution in [0.5, 0.6) is 0 Å². The van der Waals surface area contributed by atoms with Gasteiger partial charge >= 0.3 is 12.1 Å². The Morgan fingerprint density at radius 2 is 1.67 bits per heavy atom. The van der Waals surface area contributed by atoms with Crippen molar-refractivity contribution in [2.45, 2.75) is 101 Å². The topological polar surface area (TPSA) is 129 Å². The lowest BCUT2D eigenvalue weighted by Crippen LogP contribution is -2.60. The summed E-state index contributed by atoms with van der Waals surface area (Å²) in [7, 11) is 1.46. The fourth-order valence-corrected chi connectivity index (χ4v) is 4.87. The highest BCUT2D eigenvalue weighted by molar-refractivity contribution is 5.94. The van der Waals surface area contributed by atoms with E-state index < -0.39 is 78.0 Å². The van der Waals surface area contributed by atoms with E-state index in [1.807, 2.05) is 0 Å². The molecule has 4 amide bonds. The van der Waals surface area contributed by atoms with Gasteiger partial charge in [-0.25, -0.2) is 8.78 Å². The molecule has 1 unspecified atom stereocenters. The van der Waals surface area contributed by atoms with E-state index >= 15 is 0 Å². The van der Waals surface area contributed by atoms with Gasteiger partial charge in [0.05, 0.1) is 6.04 Å². The highest BCUT2D eigenvalue weighted by Crippen LogP contribution is 2.51. The number of amides is 4. The van der Waals surface area contributed by atoms with E-state index in [2.05, 4.69) is 20.9 Å². The van der Waals surface area contributed by atoms with Gasteiger partial charge in [0.2, 0.25) is 17.7 Å². The molecule has 0 radical (unpaired) electrons. The van der Waals surface area contributed by atoms with Gasteiger partial charge < -0.3 is 21.3 Å². The van der Waals surface area contributed by atoms with Crippen LogP contribution in [-0.2, 0) is 19.2 Å². The summed E-state index contributed by atoms with van der Waals surface area (Å²) in [5.41, 5.74) is -1.33. The maximum absolute atomic E-state index is 13.7. The van der Waals surface area contributed by atoms with Gasteiger partial charge in [-0.1, -0.05) is 20.8 Å². The fraction of sp³-hybridized carbons (Fsp3) is 0.800. The lowest BCUT2D eigenvalue weighted by atomic mass is 9.85. The standard InChI is InChI=1S/C25H36F5N5O4/c1-22(2,3)17(34-21(39)25(28,29)30)20(38)33-16(10-14-11-24(14,26)27)19(37)32-15(12-31-4)9-13-5-6-23(7-8-23)35-18(13)36/h12-17H,5-11H2,1-4H3,(H,32,37)(H,33,38)(H,34,39)(H,35,36)/b31-12-/t13-,14?,15-,16-,17+/m0/s1. The number of halogens is 5. The maximum atomic E-state index is 13.7. The third-order valence-corrected chi connectivity index (χ3v) is 7.55. The second kappa shape index (κ2) is 11.0. The minimum Gasteiger partial charge on any atom is -0.350 e. The minimum atomic E-state index is -5.26. The number of carbonyl (C=O) groups excluding carboxylic acids is 4. The van der Waals surface area contributed by atoms with Crippen molar-refractivity contribution in [1.29, 1.82) is 0 Å². The third kappa shape index (κ3) is 8.10. The van der Waals surface area contributed by atoms with Gasteiger partial charge in [0.1, 0.15) is 12.1 Å². The number of nitrogens with zero attached hydrogens (tertiary/aromatic N) is 1. The summed E-state index contributed by atoms with van der Waals surface area (Å²) in [6.07, 6.45) is -1.36. The lowest BCUT2D eigenvalue weighted by Gasteiger charge is -2.33. The molecule has 220 valence electrons. The zero-order valence-corrected chi connectivity index (χ0v) is 22.4. The van der Waals surface area contributed by atoms with Crippen LogP contribution in [0, 0.1) is 17.3 Å². The van der Waals surface area contributed by atoms with Crippen molar-refractivity contribution >= 4 is 29.8 Å². The summed E-state index contributed by atoms with van der Waals surface area (Å²) in [4.78, 5) is 54.3. The molecule has 39 heavy (non-hydrogen) atoms. The van der Waals surface area contributed by atoms with E-state index in [1.54, 1.807) is 5.32 Å². The first-order valence-corrected chi connectivity index (χ1v) is 13.0. The molecule has 2 aliphatic carbocycles. The van der Waals surface area contributed by atoms with Crippen LogP contribution in [0.3, 0.4) is 0 Å². The normalized spacial score (nSPS) is 25.8. The number of aliphatic imine (C=N–C) groups is 1. The van der Waals surface area contributed by atoms with Crippen molar-refractivity contribution in [3.05, 3.63) is 0 Å². The van der Waals surface area contributed by atoms with Crippen LogP contribution < -0.4 is 21.3 Å². The molecular weight excluding hydrogens is 529 g/mol. The molecule has 1 spiro atoms. The molecule has 1 heterocycles. The first kappa shape index (κ1) is 30.7. The zero-order valence-electron chi connectivity index (χ0n) is 22.4. The Labute approximate surface area is 223 Å². The summed E-state index contributed by atoms with van der Waals surface area (Å²) < 4.78 is 66.0. The Morgan fingerprint density at radius 1 is 1.05 bits per heavy atom. The number of alkyl halides is 5. The van der Waals surface area contributed by atoms with E-state index in [9.17, 15) is 41.1 Å². The Morgan fingerprint density at radius 3 is 2.13 bits per heavy atom. The SMILES string of the molecule is C/N=C\[C@H](C[C@@H]1CCC2(CC2)NC1=O)NC(=O)[C@H](CC1CC1(F)F)NC(=O)[C@@H](NC(=O)C(F)(F)F)C(C)(C)C. The Kier molecular flexibility index (Phi) is 8.66. The average molecular weight is 566 g/mol. The molecule has 3 aliphatic rings. The highest BCUT2D eigenvalue weighted by Gasteiger charge is 2.58. The molecule has 0 bridgehead atoms. The van der Waals surface area contributed by atoms with Gasteiger partial charge in [-0.2, -0.15) is 13.2 Å². The first-order chi connectivity index (χ1) is 17.9. The Balaban J connectivity index is 1.72. The van der Waals surface area contributed by atoms with Crippen molar-refractivity contribution < 1.29 is 41.1 Å². The van der Waals surface area contributed by atoms with Crippen LogP contribution in [0.2, 0.25) is 0 Å². The van der Waals surface area contributed by atoms with Gasteiger partial charge in [-0.15, -0.1) is 0 Å². The number of piperidine rings is 1. The molecular formula is C25H36F5N5O4. The Bertz CT molecular complexity index is 1010. The van der Waals surface area contributed by atoms with E-state index in [0.717, 1.165) is 19.3 Å². The van der Waals surface area contributed by atoms with Crippen molar-refractivity contribution in [3.63, 3.8) is 0 Å². The van der Waals surface area contributed by atoms with Crippen LogP contribution >= 0.6 is 0 Å². The van der Waals surface area contributed by atoms with Crippen LogP contribution in [0.1, 0.15) is 65.7 Å². The van der Waals surface area contributed by atoms with Crippen LogP contribution in [0.15, 0.2) is 4.99 Å². The van der Waals surface area contributed by atoms with E-state index in [0.29, 0.717) is 6.42 Å². The molecule has 0 aromatic rings. The quantitative estimate of drug-likeness (QED) is 0.239.